The number of ketones is 1. The summed E-state index contributed by atoms with van der Waals surface area (Å²) in [5, 5.41) is 3.40. The molecular weight excluding hydrogens is 364 g/mol. The summed E-state index contributed by atoms with van der Waals surface area (Å²) >= 11 is 0. The van der Waals surface area contributed by atoms with Crippen molar-refractivity contribution in [2.45, 2.75) is 38.8 Å². The third-order valence-corrected chi connectivity index (χ3v) is 4.94. The highest BCUT2D eigenvalue weighted by Crippen LogP contribution is 2.20. The van der Waals surface area contributed by atoms with Crippen molar-refractivity contribution in [3.05, 3.63) is 53.6 Å². The fourth-order valence-corrected chi connectivity index (χ4v) is 3.46. The average Bonchev–Trinajstić information content (AvgIpc) is 2.85. The zero-order valence-corrected chi connectivity index (χ0v) is 16.7. The number of carbonyl (C=O) groups excluding carboxylic acids is 2. The highest BCUT2D eigenvalue weighted by molar-refractivity contribution is 5.99. The van der Waals surface area contributed by atoms with Gasteiger partial charge >= 0.3 is 0 Å². The number of aromatic nitrogens is 2. The fraction of sp³-hybridized carbons (Fsp3) is 0.450. The minimum Gasteiger partial charge on any atom is -0.346 e. The molecule has 3 rings (SSSR count). The number of hydrogen-bond donors (Lipinski definition) is 1. The Hall–Kier alpha value is -2.18. The van der Waals surface area contributed by atoms with Crippen LogP contribution in [0, 0.1) is 0 Å². The number of nitrogens with zero attached hydrogens (tertiary/aromatic N) is 3. The summed E-state index contributed by atoms with van der Waals surface area (Å²) in [5.41, 5.74) is 1.98. The Morgan fingerprint density at radius 3 is 2.78 bits per heavy atom. The van der Waals surface area contributed by atoms with Crippen LogP contribution in [0.3, 0.4) is 0 Å². The standard InChI is InChI=1S/C20H26N4O2.ClH/c1-15(25)16-12-19(23(2)13-16)20(26)24(14-17-6-3-4-10-22-17)18-7-5-9-21-11-8-18;/h3-4,6,10,12-13,18,21H,5,7-9,11,14H2,1-2H3;1H. The minimum atomic E-state index is -0.0439. The fourth-order valence-electron chi connectivity index (χ4n) is 3.46. The largest absolute Gasteiger partial charge is 0.346 e. The summed E-state index contributed by atoms with van der Waals surface area (Å²) in [6, 6.07) is 7.62. The lowest BCUT2D eigenvalue weighted by atomic mass is 10.1. The molecule has 3 heterocycles. The van der Waals surface area contributed by atoms with E-state index < -0.39 is 0 Å². The Bertz CT molecular complexity index is 768. The van der Waals surface area contributed by atoms with Crippen LogP contribution < -0.4 is 5.32 Å². The Kier molecular flexibility index (Phi) is 7.56. The van der Waals surface area contributed by atoms with Gasteiger partial charge in [0.05, 0.1) is 12.2 Å². The Morgan fingerprint density at radius 1 is 1.30 bits per heavy atom. The Morgan fingerprint density at radius 2 is 2.11 bits per heavy atom. The van der Waals surface area contributed by atoms with Crippen LogP contribution >= 0.6 is 12.4 Å². The van der Waals surface area contributed by atoms with E-state index in [-0.39, 0.29) is 30.1 Å². The molecule has 0 bridgehead atoms. The van der Waals surface area contributed by atoms with E-state index >= 15 is 0 Å². The van der Waals surface area contributed by atoms with Crippen molar-refractivity contribution < 1.29 is 9.59 Å². The SMILES string of the molecule is CC(=O)c1cc(C(=O)N(Cc2ccccn2)C2CCCNCC2)n(C)c1.Cl. The van der Waals surface area contributed by atoms with Gasteiger partial charge in [0, 0.05) is 31.0 Å². The molecule has 0 aliphatic carbocycles. The molecule has 1 atom stereocenters. The molecule has 2 aromatic heterocycles. The number of pyridine rings is 1. The van der Waals surface area contributed by atoms with Crippen LogP contribution in [-0.4, -0.2) is 45.3 Å². The second-order valence-electron chi connectivity index (χ2n) is 6.87. The van der Waals surface area contributed by atoms with Gasteiger partial charge in [0.1, 0.15) is 5.69 Å². The van der Waals surface area contributed by atoms with Crippen molar-refractivity contribution in [3.8, 4) is 0 Å². The van der Waals surface area contributed by atoms with Crippen LogP contribution in [-0.2, 0) is 13.6 Å². The maximum Gasteiger partial charge on any atom is 0.271 e. The van der Waals surface area contributed by atoms with Gasteiger partial charge in [-0.15, -0.1) is 12.4 Å². The van der Waals surface area contributed by atoms with Crippen molar-refractivity contribution in [1.29, 1.82) is 0 Å². The molecule has 1 aliphatic rings. The van der Waals surface area contributed by atoms with Gasteiger partial charge in [0.15, 0.2) is 5.78 Å². The van der Waals surface area contributed by atoms with Gasteiger partial charge in [-0.05, 0) is 57.5 Å². The van der Waals surface area contributed by atoms with Crippen LogP contribution in [0.15, 0.2) is 36.7 Å². The summed E-state index contributed by atoms with van der Waals surface area (Å²) in [6.07, 6.45) is 6.41. The molecule has 1 aliphatic heterocycles. The number of aryl methyl sites for hydroxylation is 1. The molecule has 2 aromatic rings. The first-order valence-electron chi connectivity index (χ1n) is 9.15. The monoisotopic (exact) mass is 390 g/mol. The van der Waals surface area contributed by atoms with Crippen LogP contribution in [0.25, 0.3) is 0 Å². The molecule has 146 valence electrons. The predicted molar refractivity (Wildman–Crippen MR) is 107 cm³/mol. The van der Waals surface area contributed by atoms with E-state index in [0.29, 0.717) is 17.8 Å². The topological polar surface area (TPSA) is 67.2 Å². The van der Waals surface area contributed by atoms with E-state index in [1.54, 1.807) is 23.0 Å². The Balaban J connectivity index is 0.00000261. The summed E-state index contributed by atoms with van der Waals surface area (Å²) in [4.78, 5) is 31.4. The van der Waals surface area contributed by atoms with Crippen molar-refractivity contribution in [3.63, 3.8) is 0 Å². The van der Waals surface area contributed by atoms with E-state index in [2.05, 4.69) is 10.3 Å². The zero-order valence-electron chi connectivity index (χ0n) is 15.9. The summed E-state index contributed by atoms with van der Waals surface area (Å²) in [5.74, 6) is -0.0767. The third kappa shape index (κ3) is 5.17. The number of carbonyl (C=O) groups is 2. The second kappa shape index (κ2) is 9.67. The quantitative estimate of drug-likeness (QED) is 0.797. The normalized spacial score (nSPS) is 16.9. The molecule has 1 N–H and O–H groups in total. The van der Waals surface area contributed by atoms with Gasteiger partial charge in [-0.2, -0.15) is 0 Å². The predicted octanol–water partition coefficient (Wildman–Crippen LogP) is 2.83. The summed E-state index contributed by atoms with van der Waals surface area (Å²) in [7, 11) is 1.81. The number of rotatable bonds is 5. The van der Waals surface area contributed by atoms with E-state index in [9.17, 15) is 9.59 Å². The molecule has 0 spiro atoms. The highest BCUT2D eigenvalue weighted by atomic mass is 35.5. The van der Waals surface area contributed by atoms with E-state index in [0.717, 1.165) is 38.0 Å². The number of nitrogens with one attached hydrogen (secondary N) is 1. The Labute approximate surface area is 166 Å². The smallest absolute Gasteiger partial charge is 0.271 e. The van der Waals surface area contributed by atoms with Crippen LogP contribution in [0.1, 0.15) is 52.7 Å². The lowest BCUT2D eigenvalue weighted by Crippen LogP contribution is -2.41. The van der Waals surface area contributed by atoms with Gasteiger partial charge in [0.25, 0.3) is 5.91 Å². The second-order valence-corrected chi connectivity index (χ2v) is 6.87. The molecule has 1 unspecified atom stereocenters. The van der Waals surface area contributed by atoms with Crippen molar-refractivity contribution >= 4 is 24.1 Å². The van der Waals surface area contributed by atoms with Gasteiger partial charge in [0.2, 0.25) is 0 Å². The van der Waals surface area contributed by atoms with E-state index in [1.165, 1.54) is 6.92 Å². The molecule has 1 fully saturated rings. The van der Waals surface area contributed by atoms with Crippen molar-refractivity contribution in [2.75, 3.05) is 13.1 Å². The van der Waals surface area contributed by atoms with Crippen LogP contribution in [0.4, 0.5) is 0 Å². The van der Waals surface area contributed by atoms with E-state index in [4.69, 9.17) is 0 Å². The van der Waals surface area contributed by atoms with Crippen molar-refractivity contribution in [2.24, 2.45) is 7.05 Å². The lowest BCUT2D eigenvalue weighted by molar-refractivity contribution is 0.0632. The first-order valence-corrected chi connectivity index (χ1v) is 9.15. The van der Waals surface area contributed by atoms with Crippen molar-refractivity contribution in [1.82, 2.24) is 19.8 Å². The minimum absolute atomic E-state index is 0. The highest BCUT2D eigenvalue weighted by Gasteiger charge is 2.28. The van der Waals surface area contributed by atoms with Gasteiger partial charge < -0.3 is 14.8 Å². The average molecular weight is 391 g/mol. The molecule has 0 radical (unpaired) electrons. The zero-order chi connectivity index (χ0) is 18.5. The number of Topliss-reactive ketones (excluding diaryl/α,β-unsaturated/α-hetero) is 1. The molecule has 0 saturated carbocycles. The van der Waals surface area contributed by atoms with Gasteiger partial charge in [-0.3, -0.25) is 14.6 Å². The van der Waals surface area contributed by atoms with Crippen LogP contribution in [0.5, 0.6) is 0 Å². The molecule has 1 amide bonds. The molecular formula is C20H27ClN4O2. The maximum absolute atomic E-state index is 13.4. The van der Waals surface area contributed by atoms with E-state index in [1.807, 2.05) is 30.1 Å². The van der Waals surface area contributed by atoms with Gasteiger partial charge in [-0.1, -0.05) is 6.07 Å². The maximum atomic E-state index is 13.4. The van der Waals surface area contributed by atoms with Crippen LogP contribution in [0.2, 0.25) is 0 Å². The summed E-state index contributed by atoms with van der Waals surface area (Å²) < 4.78 is 1.75. The number of amides is 1. The number of hydrogen-bond acceptors (Lipinski definition) is 4. The third-order valence-electron chi connectivity index (χ3n) is 4.94. The lowest BCUT2D eigenvalue weighted by Gasteiger charge is -2.31. The summed E-state index contributed by atoms with van der Waals surface area (Å²) in [6.45, 7) is 3.89. The molecule has 7 heteroatoms. The number of halogens is 1. The van der Waals surface area contributed by atoms with Gasteiger partial charge in [-0.25, -0.2) is 0 Å². The molecule has 1 saturated heterocycles. The first-order chi connectivity index (χ1) is 12.6. The molecule has 0 aromatic carbocycles. The molecule has 27 heavy (non-hydrogen) atoms. The first kappa shape index (κ1) is 21.1. The molecule has 6 nitrogen and oxygen atoms in total.